The van der Waals surface area contributed by atoms with Crippen molar-refractivity contribution < 1.29 is 67.7 Å². The summed E-state index contributed by atoms with van der Waals surface area (Å²) in [5.74, 6) is -5.68. The van der Waals surface area contributed by atoms with E-state index >= 15 is 0 Å². The molecule has 0 bridgehead atoms. The highest BCUT2D eigenvalue weighted by Gasteiger charge is 2.53. The van der Waals surface area contributed by atoms with Crippen molar-refractivity contribution in [1.29, 1.82) is 0 Å². The minimum Gasteiger partial charge on any atom is -0.467 e. The van der Waals surface area contributed by atoms with Gasteiger partial charge in [0, 0.05) is 58.5 Å². The molecule has 2 heterocycles. The zero-order valence-corrected chi connectivity index (χ0v) is 43.6. The second kappa shape index (κ2) is 29.8. The zero-order valence-electron chi connectivity index (χ0n) is 43.6. The van der Waals surface area contributed by atoms with Crippen LogP contribution in [-0.2, 0) is 52.4 Å². The Kier molecular flexibility index (Phi) is 25.9. The average Bonchev–Trinajstić information content (AvgIpc) is 3.34. The first-order chi connectivity index (χ1) is 32.8. The molecule has 15 nitrogen and oxygen atoms in total. The summed E-state index contributed by atoms with van der Waals surface area (Å²) < 4.78 is 33.7. The van der Waals surface area contributed by atoms with Crippen molar-refractivity contribution in [2.24, 2.45) is 35.5 Å². The number of carbonyl (C=O) groups is 5. The molecule has 0 radical (unpaired) electrons. The van der Waals surface area contributed by atoms with Gasteiger partial charge in [0.1, 0.15) is 24.0 Å². The van der Waals surface area contributed by atoms with Gasteiger partial charge in [-0.3, -0.25) is 19.2 Å². The number of likely N-dealkylation sites (tertiary alicyclic amines) is 1. The van der Waals surface area contributed by atoms with Crippen molar-refractivity contribution in [3.05, 3.63) is 47.6 Å². The molecule has 0 aromatic heterocycles. The highest BCUT2D eigenvalue weighted by atomic mass is 16.6. The van der Waals surface area contributed by atoms with Gasteiger partial charge < -0.3 is 48.6 Å². The van der Waals surface area contributed by atoms with Crippen LogP contribution >= 0.6 is 0 Å². The smallest absolute Gasteiger partial charge is 0.328 e. The quantitative estimate of drug-likeness (QED) is 0.0318. The Balaban J connectivity index is 1.48. The van der Waals surface area contributed by atoms with Gasteiger partial charge in [0.2, 0.25) is 5.79 Å². The lowest BCUT2D eigenvalue weighted by Crippen LogP contribution is -2.60. The number of aliphatic hydroxyl groups is 3. The molecule has 392 valence electrons. The maximum atomic E-state index is 13.6. The number of ketones is 3. The van der Waals surface area contributed by atoms with Crippen molar-refractivity contribution in [2.75, 3.05) is 48.2 Å². The molecule has 3 rings (SSSR count). The number of carbonyl (C=O) groups excluding carboxylic acids is 5. The van der Waals surface area contributed by atoms with E-state index in [0.29, 0.717) is 75.4 Å². The van der Waals surface area contributed by atoms with Crippen LogP contribution in [0.4, 0.5) is 0 Å². The molecular formula is C54H87NO14. The summed E-state index contributed by atoms with van der Waals surface area (Å²) in [5.41, 5.74) is 1.40. The van der Waals surface area contributed by atoms with Crippen LogP contribution in [-0.4, -0.2) is 146 Å². The van der Waals surface area contributed by atoms with Gasteiger partial charge in [0.15, 0.2) is 5.78 Å². The van der Waals surface area contributed by atoms with Gasteiger partial charge in [-0.2, -0.15) is 0 Å². The third kappa shape index (κ3) is 17.7. The van der Waals surface area contributed by atoms with Crippen LogP contribution in [0.5, 0.6) is 0 Å². The Morgan fingerprint density at radius 3 is 2.25 bits per heavy atom. The van der Waals surface area contributed by atoms with E-state index in [1.807, 2.05) is 58.1 Å². The Bertz CT molecular complexity index is 1780. The molecule has 0 unspecified atom stereocenters. The molecule has 2 aliphatic heterocycles. The maximum absolute atomic E-state index is 13.6. The number of nitrogens with zero attached hydrogens (tertiary/aromatic N) is 1. The van der Waals surface area contributed by atoms with Crippen LogP contribution < -0.4 is 0 Å². The lowest BCUT2D eigenvalue weighted by molar-refractivity contribution is -0.265. The fourth-order valence-corrected chi connectivity index (χ4v) is 10.3. The van der Waals surface area contributed by atoms with Crippen LogP contribution in [0.3, 0.4) is 0 Å². The summed E-state index contributed by atoms with van der Waals surface area (Å²) in [5, 5.41) is 32.0. The first kappa shape index (κ1) is 59.9. The van der Waals surface area contributed by atoms with Crippen LogP contribution in [0.25, 0.3) is 0 Å². The fourth-order valence-electron chi connectivity index (χ4n) is 10.3. The molecule has 0 spiro atoms. The topological polar surface area (TPSA) is 205 Å². The lowest BCUT2D eigenvalue weighted by Gasteiger charge is -2.42. The van der Waals surface area contributed by atoms with Gasteiger partial charge in [-0.15, -0.1) is 0 Å². The number of hydrogen-bond acceptors (Lipinski definition) is 14. The standard InChI is InChI=1S/C54H87NO14/c1-34(17-13-12-14-18-36(3)46(64-8)33-42-23-21-40(7)54(63,69-42)51(60)52(61)55-26-16-15-19-43(55)53(62)67-11)29-38(5)48(58)50(66-10)49(59)39(6)31-37(4)44(57)24-20-35(2)30-41-22-25-45(68-28-27-56)47(32-41)65-9/h12-14,17-18,31,34-35,37-38,40-43,45-47,49-50,56,59,63H,15-16,19-30,32-33H2,1-11H3/b14-12+,17-13+,36-18+,39-31+/t34-,35-,37-,38-,40-,41+,42+,43+,45-,46+,47-,49-,50+,54-/m1/s1. The summed E-state index contributed by atoms with van der Waals surface area (Å²) in [6.45, 7) is 13.7. The first-order valence-electron chi connectivity index (χ1n) is 25.3. The van der Waals surface area contributed by atoms with Gasteiger partial charge in [-0.1, -0.05) is 71.1 Å². The van der Waals surface area contributed by atoms with E-state index in [4.69, 9.17) is 33.5 Å². The Hall–Kier alpha value is -3.41. The van der Waals surface area contributed by atoms with Gasteiger partial charge in [-0.05, 0) is 113 Å². The molecule has 0 aromatic rings. The number of aliphatic hydroxyl groups excluding tert-OH is 2. The second-order valence-corrected chi connectivity index (χ2v) is 20.2. The first-order valence-corrected chi connectivity index (χ1v) is 25.3. The number of rotatable bonds is 28. The molecule has 14 atom stereocenters. The monoisotopic (exact) mass is 974 g/mol. The normalized spacial score (nSPS) is 28.2. The highest BCUT2D eigenvalue weighted by molar-refractivity contribution is 6.39. The molecule has 3 N–H and O–H groups in total. The van der Waals surface area contributed by atoms with Crippen molar-refractivity contribution in [3.8, 4) is 0 Å². The largest absolute Gasteiger partial charge is 0.467 e. The van der Waals surface area contributed by atoms with Gasteiger partial charge in [-0.25, -0.2) is 4.79 Å². The van der Waals surface area contributed by atoms with Crippen molar-refractivity contribution in [2.45, 2.75) is 180 Å². The molecule has 3 fully saturated rings. The predicted molar refractivity (Wildman–Crippen MR) is 263 cm³/mol. The zero-order chi connectivity index (χ0) is 51.4. The number of esters is 1. The minimum atomic E-state index is -2.34. The van der Waals surface area contributed by atoms with E-state index in [1.54, 1.807) is 34.1 Å². The fraction of sp³-hybridized carbons (Fsp3) is 0.759. The number of ether oxygens (including phenoxy) is 6. The molecular weight excluding hydrogens is 887 g/mol. The second-order valence-electron chi connectivity index (χ2n) is 20.2. The third-order valence-electron chi connectivity index (χ3n) is 14.7. The van der Waals surface area contributed by atoms with E-state index in [0.717, 1.165) is 37.7 Å². The molecule has 3 aliphatic rings. The van der Waals surface area contributed by atoms with E-state index in [-0.39, 0.29) is 42.8 Å². The predicted octanol–water partition coefficient (Wildman–Crippen LogP) is 6.83. The van der Waals surface area contributed by atoms with Crippen LogP contribution in [0.1, 0.15) is 132 Å². The lowest BCUT2D eigenvalue weighted by atomic mass is 9.79. The third-order valence-corrected chi connectivity index (χ3v) is 14.7. The van der Waals surface area contributed by atoms with Gasteiger partial charge >= 0.3 is 5.97 Å². The van der Waals surface area contributed by atoms with Crippen molar-refractivity contribution in [3.63, 3.8) is 0 Å². The van der Waals surface area contributed by atoms with E-state index in [1.165, 1.54) is 19.1 Å². The van der Waals surface area contributed by atoms with E-state index in [2.05, 4.69) is 6.92 Å². The summed E-state index contributed by atoms with van der Waals surface area (Å²) >= 11 is 0. The Morgan fingerprint density at radius 2 is 1.59 bits per heavy atom. The summed E-state index contributed by atoms with van der Waals surface area (Å²) in [4.78, 5) is 67.4. The number of hydrogen-bond donors (Lipinski definition) is 3. The van der Waals surface area contributed by atoms with Crippen molar-refractivity contribution in [1.82, 2.24) is 4.90 Å². The molecule has 0 aromatic carbocycles. The van der Waals surface area contributed by atoms with E-state index < -0.39 is 71.7 Å². The molecule has 1 amide bonds. The average molecular weight is 974 g/mol. The summed E-state index contributed by atoms with van der Waals surface area (Å²) in [7, 11) is 5.93. The minimum absolute atomic E-state index is 0.00302. The Labute approximate surface area is 412 Å². The van der Waals surface area contributed by atoms with Gasteiger partial charge in [0.25, 0.3) is 11.7 Å². The number of allylic oxidation sites excluding steroid dienone is 6. The summed E-state index contributed by atoms with van der Waals surface area (Å²) in [6, 6.07) is -0.881. The number of Topliss-reactive ketones (excluding diaryl/α,β-unsaturated/α-hetero) is 3. The van der Waals surface area contributed by atoms with Crippen LogP contribution in [0, 0.1) is 35.5 Å². The maximum Gasteiger partial charge on any atom is 0.328 e. The molecule has 2 saturated heterocycles. The van der Waals surface area contributed by atoms with Gasteiger partial charge in [0.05, 0.1) is 44.7 Å². The summed E-state index contributed by atoms with van der Waals surface area (Å²) in [6.07, 6.45) is 16.7. The molecule has 15 heteroatoms. The number of amides is 1. The highest BCUT2D eigenvalue weighted by Crippen LogP contribution is 2.37. The van der Waals surface area contributed by atoms with Crippen molar-refractivity contribution >= 4 is 29.2 Å². The number of methoxy groups -OCH3 is 4. The molecule has 1 saturated carbocycles. The Morgan fingerprint density at radius 1 is 0.870 bits per heavy atom. The van der Waals surface area contributed by atoms with E-state index in [9.17, 15) is 34.2 Å². The van der Waals surface area contributed by atoms with Crippen LogP contribution in [0.15, 0.2) is 47.6 Å². The molecule has 1 aliphatic carbocycles. The van der Waals surface area contributed by atoms with Crippen LogP contribution in [0.2, 0.25) is 0 Å². The SMILES string of the molecule is COC(=O)[C@@H]1CCCCN1C(=O)C(=O)[C@]1(O)O[C@H](C[C@H](OC)/C(C)=C/C=C/C=C/[C@@H](C)C[C@@H](C)C(=O)[C@H](OC)[C@H](O)/C(C)=C/[C@@H](C)C(=O)CC[C@@H](C)C[C@@H]2CC[C@@H](OCCO)[C@H](OC)C2)CC[C@H]1C. The molecule has 69 heavy (non-hydrogen) atoms. The number of piperidine rings is 1.